The molecule has 1 heterocycles. The second-order valence-corrected chi connectivity index (χ2v) is 4.16. The van der Waals surface area contributed by atoms with Crippen molar-refractivity contribution in [2.75, 3.05) is 19.6 Å². The Hall–Kier alpha value is -0.850. The van der Waals surface area contributed by atoms with Gasteiger partial charge in [-0.3, -0.25) is 0 Å². The number of nitrogens with zero attached hydrogens (tertiary/aromatic N) is 2. The summed E-state index contributed by atoms with van der Waals surface area (Å²) in [4.78, 5) is 3.47. The minimum absolute atomic E-state index is 0.0369. The van der Waals surface area contributed by atoms with Crippen LogP contribution >= 0.6 is 11.3 Å². The van der Waals surface area contributed by atoms with Gasteiger partial charge in [0.05, 0.1) is 12.0 Å². The maximum absolute atomic E-state index is 9.07. The van der Waals surface area contributed by atoms with E-state index in [-0.39, 0.29) is 5.92 Å². The van der Waals surface area contributed by atoms with Crippen molar-refractivity contribution >= 4 is 11.3 Å². The molecule has 1 aromatic rings. The zero-order valence-electron chi connectivity index (χ0n) is 8.73. The van der Waals surface area contributed by atoms with Crippen molar-refractivity contribution in [2.45, 2.75) is 19.8 Å². The predicted molar refractivity (Wildman–Crippen MR) is 60.5 cm³/mol. The molecule has 1 aromatic heterocycles. The first kappa shape index (κ1) is 11.2. The maximum atomic E-state index is 9.07. The molecule has 2 nitrogen and oxygen atoms in total. The molecule has 0 bridgehead atoms. The number of hydrogen-bond acceptors (Lipinski definition) is 3. The van der Waals surface area contributed by atoms with Crippen LogP contribution in [0.25, 0.3) is 0 Å². The molecule has 0 aliphatic heterocycles. The number of rotatable bonds is 5. The van der Waals surface area contributed by atoms with E-state index in [0.717, 1.165) is 19.6 Å². The Morgan fingerprint density at radius 3 is 2.64 bits per heavy atom. The summed E-state index contributed by atoms with van der Waals surface area (Å²) in [5, 5.41) is 11.1. The summed E-state index contributed by atoms with van der Waals surface area (Å²) in [7, 11) is 0. The van der Waals surface area contributed by atoms with Crippen LogP contribution in [0.2, 0.25) is 0 Å². The Morgan fingerprint density at radius 2 is 2.21 bits per heavy atom. The quantitative estimate of drug-likeness (QED) is 0.744. The van der Waals surface area contributed by atoms with E-state index < -0.39 is 0 Å². The van der Waals surface area contributed by atoms with E-state index in [2.05, 4.69) is 24.8 Å². The molecule has 0 aromatic carbocycles. The minimum atomic E-state index is 0.0369. The summed E-state index contributed by atoms with van der Waals surface area (Å²) >= 11 is 1.67. The highest BCUT2D eigenvalue weighted by Crippen LogP contribution is 2.21. The van der Waals surface area contributed by atoms with Crippen LogP contribution in [0, 0.1) is 11.3 Å². The van der Waals surface area contributed by atoms with Crippen molar-refractivity contribution in [1.29, 1.82) is 5.26 Å². The molecule has 0 aliphatic rings. The summed E-state index contributed by atoms with van der Waals surface area (Å²) in [6.45, 7) is 7.14. The van der Waals surface area contributed by atoms with E-state index in [1.165, 1.54) is 4.88 Å². The van der Waals surface area contributed by atoms with Gasteiger partial charge in [0.2, 0.25) is 0 Å². The molecule has 0 aliphatic carbocycles. The molecule has 0 saturated carbocycles. The lowest BCUT2D eigenvalue weighted by molar-refractivity contribution is 0.299. The highest BCUT2D eigenvalue weighted by molar-refractivity contribution is 7.10. The Kier molecular flexibility index (Phi) is 4.64. The van der Waals surface area contributed by atoms with Crippen LogP contribution in [0.15, 0.2) is 17.5 Å². The fourth-order valence-corrected chi connectivity index (χ4v) is 2.19. The maximum Gasteiger partial charge on any atom is 0.0932 e. The first-order valence-electron chi connectivity index (χ1n) is 4.97. The van der Waals surface area contributed by atoms with Crippen LogP contribution in [-0.2, 0) is 0 Å². The molecule has 3 heteroatoms. The number of likely N-dealkylation sites (N-methyl/N-ethyl adjacent to an activating group) is 1. The number of hydrogen-bond donors (Lipinski definition) is 0. The Morgan fingerprint density at radius 1 is 1.50 bits per heavy atom. The summed E-state index contributed by atoms with van der Waals surface area (Å²) < 4.78 is 0. The smallest absolute Gasteiger partial charge is 0.0932 e. The van der Waals surface area contributed by atoms with E-state index >= 15 is 0 Å². The lowest BCUT2D eigenvalue weighted by Crippen LogP contribution is -2.27. The second kappa shape index (κ2) is 5.79. The fraction of sp³-hybridized carbons (Fsp3) is 0.545. The van der Waals surface area contributed by atoms with Crippen molar-refractivity contribution < 1.29 is 0 Å². The molecule has 1 rings (SSSR count). The van der Waals surface area contributed by atoms with Gasteiger partial charge in [0.1, 0.15) is 0 Å². The van der Waals surface area contributed by atoms with Gasteiger partial charge in [-0.1, -0.05) is 19.9 Å². The average Bonchev–Trinajstić information content (AvgIpc) is 2.73. The monoisotopic (exact) mass is 208 g/mol. The van der Waals surface area contributed by atoms with E-state index in [4.69, 9.17) is 5.26 Å². The molecule has 0 saturated heterocycles. The largest absolute Gasteiger partial charge is 0.302 e. The van der Waals surface area contributed by atoms with Gasteiger partial charge in [-0.15, -0.1) is 11.3 Å². The van der Waals surface area contributed by atoms with Crippen LogP contribution < -0.4 is 0 Å². The number of thiophene rings is 1. The highest BCUT2D eigenvalue weighted by Gasteiger charge is 2.14. The van der Waals surface area contributed by atoms with Gasteiger partial charge in [-0.05, 0) is 24.5 Å². The molecule has 14 heavy (non-hydrogen) atoms. The van der Waals surface area contributed by atoms with Gasteiger partial charge in [0.15, 0.2) is 0 Å². The Balaban J connectivity index is 2.61. The van der Waals surface area contributed by atoms with Gasteiger partial charge < -0.3 is 4.90 Å². The topological polar surface area (TPSA) is 27.0 Å². The third-order valence-electron chi connectivity index (χ3n) is 2.38. The second-order valence-electron chi connectivity index (χ2n) is 3.18. The highest BCUT2D eigenvalue weighted by atomic mass is 32.1. The van der Waals surface area contributed by atoms with E-state index in [1.54, 1.807) is 11.3 Å². The molecule has 0 radical (unpaired) electrons. The summed E-state index contributed by atoms with van der Waals surface area (Å²) in [5.41, 5.74) is 0. The first-order valence-corrected chi connectivity index (χ1v) is 5.85. The number of nitriles is 1. The zero-order valence-corrected chi connectivity index (χ0v) is 9.55. The van der Waals surface area contributed by atoms with Gasteiger partial charge in [-0.25, -0.2) is 0 Å². The van der Waals surface area contributed by atoms with Crippen LogP contribution in [0.3, 0.4) is 0 Å². The molecule has 0 amide bonds. The van der Waals surface area contributed by atoms with Crippen molar-refractivity contribution in [1.82, 2.24) is 4.90 Å². The molecule has 0 N–H and O–H groups in total. The van der Waals surface area contributed by atoms with Gasteiger partial charge in [-0.2, -0.15) is 5.26 Å². The molecule has 76 valence electrons. The lowest BCUT2D eigenvalue weighted by atomic mass is 10.1. The lowest BCUT2D eigenvalue weighted by Gasteiger charge is -2.20. The van der Waals surface area contributed by atoms with Gasteiger partial charge in [0, 0.05) is 11.4 Å². The standard InChI is InChI=1S/C11H16N2S/c1-3-13(4-2)9-10(8-12)11-6-5-7-14-11/h5-7,10H,3-4,9H2,1-2H3. The van der Waals surface area contributed by atoms with Gasteiger partial charge >= 0.3 is 0 Å². The molecular weight excluding hydrogens is 192 g/mol. The Bertz CT molecular complexity index is 283. The SMILES string of the molecule is CCN(CC)CC(C#N)c1cccs1. The summed E-state index contributed by atoms with van der Waals surface area (Å²) in [6.07, 6.45) is 0. The molecular formula is C11H16N2S. The van der Waals surface area contributed by atoms with Crippen LogP contribution in [0.5, 0.6) is 0 Å². The first-order chi connectivity index (χ1) is 6.81. The molecule has 0 fully saturated rings. The van der Waals surface area contributed by atoms with Gasteiger partial charge in [0.25, 0.3) is 0 Å². The van der Waals surface area contributed by atoms with Crippen molar-refractivity contribution in [3.63, 3.8) is 0 Å². The minimum Gasteiger partial charge on any atom is -0.302 e. The Labute approximate surface area is 89.8 Å². The van der Waals surface area contributed by atoms with Crippen molar-refractivity contribution in [3.8, 4) is 6.07 Å². The molecule has 1 atom stereocenters. The molecule has 0 spiro atoms. The fourth-order valence-electron chi connectivity index (χ4n) is 1.42. The zero-order chi connectivity index (χ0) is 10.4. The van der Waals surface area contributed by atoms with Crippen LogP contribution in [0.4, 0.5) is 0 Å². The summed E-state index contributed by atoms with van der Waals surface area (Å²) in [5.74, 6) is 0.0369. The van der Waals surface area contributed by atoms with E-state index in [0.29, 0.717) is 0 Å². The van der Waals surface area contributed by atoms with E-state index in [9.17, 15) is 0 Å². The average molecular weight is 208 g/mol. The molecule has 1 unspecified atom stereocenters. The summed E-state index contributed by atoms with van der Waals surface area (Å²) in [6, 6.07) is 6.42. The predicted octanol–water partition coefficient (Wildman–Crippen LogP) is 2.70. The van der Waals surface area contributed by atoms with E-state index in [1.807, 2.05) is 17.5 Å². The van der Waals surface area contributed by atoms with Crippen molar-refractivity contribution in [2.24, 2.45) is 0 Å². The third kappa shape index (κ3) is 2.83. The third-order valence-corrected chi connectivity index (χ3v) is 3.36. The van der Waals surface area contributed by atoms with Crippen LogP contribution in [0.1, 0.15) is 24.6 Å². The normalized spacial score (nSPS) is 12.7. The van der Waals surface area contributed by atoms with Crippen LogP contribution in [-0.4, -0.2) is 24.5 Å². The van der Waals surface area contributed by atoms with Crippen molar-refractivity contribution in [3.05, 3.63) is 22.4 Å².